The van der Waals surface area contributed by atoms with E-state index in [1.807, 2.05) is 54.3 Å². The summed E-state index contributed by atoms with van der Waals surface area (Å²) in [5.74, 6) is -0.0606. The van der Waals surface area contributed by atoms with Crippen molar-refractivity contribution in [2.75, 3.05) is 31.6 Å². The molecule has 0 saturated carbocycles. The van der Waals surface area contributed by atoms with Gasteiger partial charge in [-0.05, 0) is 55.9 Å². The lowest BCUT2D eigenvalue weighted by Crippen LogP contribution is -2.49. The number of hydrogen-bond donors (Lipinski definition) is 1. The Labute approximate surface area is 190 Å². The molecule has 2 aromatic rings. The Morgan fingerprint density at radius 3 is 2.69 bits per heavy atom. The van der Waals surface area contributed by atoms with E-state index in [0.717, 1.165) is 49.1 Å². The van der Waals surface area contributed by atoms with Crippen LogP contribution in [0, 0.1) is 12.8 Å². The Hall–Kier alpha value is -2.86. The van der Waals surface area contributed by atoms with Gasteiger partial charge in [-0.3, -0.25) is 4.79 Å². The maximum Gasteiger partial charge on any atom is 0.321 e. The third-order valence-electron chi connectivity index (χ3n) is 6.30. The molecule has 2 aliphatic heterocycles. The highest BCUT2D eigenvalue weighted by atomic mass is 16.5. The Morgan fingerprint density at radius 2 is 1.94 bits per heavy atom. The molecule has 0 aliphatic carbocycles. The molecule has 2 fully saturated rings. The van der Waals surface area contributed by atoms with Crippen LogP contribution in [0.5, 0.6) is 0 Å². The van der Waals surface area contributed by atoms with Gasteiger partial charge in [-0.25, -0.2) is 4.79 Å². The number of aryl methyl sites for hydroxylation is 1. The number of likely N-dealkylation sites (tertiary alicyclic amines) is 1. The van der Waals surface area contributed by atoms with Crippen LogP contribution in [0.1, 0.15) is 36.8 Å². The number of hydrogen-bond acceptors (Lipinski definition) is 3. The molecule has 170 valence electrons. The zero-order chi connectivity index (χ0) is 22.3. The lowest BCUT2D eigenvalue weighted by atomic mass is 9.96. The molecule has 2 aromatic carbocycles. The SMILES string of the molecule is Cc1cccc(NC(=O)N2CCCC(C(=O)N(Cc3ccccc3)CC3CCCO3)C2)c1. The minimum Gasteiger partial charge on any atom is -0.376 e. The lowest BCUT2D eigenvalue weighted by Gasteiger charge is -2.35. The van der Waals surface area contributed by atoms with Crippen LogP contribution in [0.25, 0.3) is 0 Å². The first kappa shape index (κ1) is 22.3. The summed E-state index contributed by atoms with van der Waals surface area (Å²) >= 11 is 0. The number of carbonyl (C=O) groups excluding carboxylic acids is 2. The molecule has 6 nitrogen and oxygen atoms in total. The van der Waals surface area contributed by atoms with Crippen molar-refractivity contribution in [1.82, 2.24) is 9.80 Å². The molecule has 2 aliphatic rings. The van der Waals surface area contributed by atoms with Crippen molar-refractivity contribution in [3.05, 3.63) is 65.7 Å². The Kier molecular flexibility index (Phi) is 7.43. The number of rotatable bonds is 6. The van der Waals surface area contributed by atoms with Crippen molar-refractivity contribution >= 4 is 17.6 Å². The van der Waals surface area contributed by atoms with Gasteiger partial charge in [-0.1, -0.05) is 42.5 Å². The van der Waals surface area contributed by atoms with Gasteiger partial charge in [-0.2, -0.15) is 0 Å². The molecule has 2 heterocycles. The average molecular weight is 436 g/mol. The number of urea groups is 1. The summed E-state index contributed by atoms with van der Waals surface area (Å²) in [5.41, 5.74) is 3.00. The molecule has 4 rings (SSSR count). The largest absolute Gasteiger partial charge is 0.376 e. The first-order valence-electron chi connectivity index (χ1n) is 11.7. The number of nitrogens with zero attached hydrogens (tertiary/aromatic N) is 2. The quantitative estimate of drug-likeness (QED) is 0.729. The fourth-order valence-corrected chi connectivity index (χ4v) is 4.62. The average Bonchev–Trinajstić information content (AvgIpc) is 3.32. The normalized spacial score (nSPS) is 20.7. The number of ether oxygens (including phenoxy) is 1. The zero-order valence-corrected chi connectivity index (χ0v) is 18.8. The molecule has 0 aromatic heterocycles. The van der Waals surface area contributed by atoms with Crippen LogP contribution in [-0.4, -0.2) is 54.1 Å². The van der Waals surface area contributed by atoms with Crippen LogP contribution in [0.15, 0.2) is 54.6 Å². The monoisotopic (exact) mass is 435 g/mol. The lowest BCUT2D eigenvalue weighted by molar-refractivity contribution is -0.139. The van der Waals surface area contributed by atoms with Crippen LogP contribution in [0.4, 0.5) is 10.5 Å². The first-order chi connectivity index (χ1) is 15.6. The van der Waals surface area contributed by atoms with Gasteiger partial charge in [0.1, 0.15) is 0 Å². The molecular weight excluding hydrogens is 402 g/mol. The number of benzene rings is 2. The van der Waals surface area contributed by atoms with Gasteiger partial charge >= 0.3 is 6.03 Å². The standard InChI is InChI=1S/C26H33N3O3/c1-20-8-5-12-23(16-20)27-26(31)28-14-6-11-22(18-28)25(30)29(19-24-13-7-15-32-24)17-21-9-3-2-4-10-21/h2-5,8-10,12,16,22,24H,6-7,11,13-15,17-19H2,1H3,(H,27,31). The molecule has 2 saturated heterocycles. The molecule has 3 amide bonds. The van der Waals surface area contributed by atoms with Crippen molar-refractivity contribution in [2.24, 2.45) is 5.92 Å². The maximum absolute atomic E-state index is 13.6. The third kappa shape index (κ3) is 5.88. The Bertz CT molecular complexity index is 912. The van der Waals surface area contributed by atoms with E-state index in [4.69, 9.17) is 4.74 Å². The molecule has 0 radical (unpaired) electrons. The van der Waals surface area contributed by atoms with E-state index in [1.165, 1.54) is 0 Å². The van der Waals surface area contributed by atoms with Crippen molar-refractivity contribution in [1.29, 1.82) is 0 Å². The van der Waals surface area contributed by atoms with Gasteiger partial charge in [0.05, 0.1) is 12.0 Å². The first-order valence-corrected chi connectivity index (χ1v) is 11.7. The van der Waals surface area contributed by atoms with Gasteiger partial charge in [0.25, 0.3) is 0 Å². The number of piperidine rings is 1. The van der Waals surface area contributed by atoms with Crippen LogP contribution in [-0.2, 0) is 16.1 Å². The topological polar surface area (TPSA) is 61.9 Å². The highest BCUT2D eigenvalue weighted by Crippen LogP contribution is 2.23. The number of nitrogens with one attached hydrogen (secondary N) is 1. The summed E-state index contributed by atoms with van der Waals surface area (Å²) in [5, 5.41) is 2.98. The van der Waals surface area contributed by atoms with Crippen molar-refractivity contribution in [3.8, 4) is 0 Å². The fraction of sp³-hybridized carbons (Fsp3) is 0.462. The van der Waals surface area contributed by atoms with Gasteiger partial charge in [-0.15, -0.1) is 0 Å². The summed E-state index contributed by atoms with van der Waals surface area (Å²) in [6, 6.07) is 17.7. The zero-order valence-electron chi connectivity index (χ0n) is 18.8. The van der Waals surface area contributed by atoms with Crippen molar-refractivity contribution in [2.45, 2.75) is 45.3 Å². The minimum atomic E-state index is -0.183. The second-order valence-corrected chi connectivity index (χ2v) is 8.92. The summed E-state index contributed by atoms with van der Waals surface area (Å²) in [7, 11) is 0. The molecule has 6 heteroatoms. The summed E-state index contributed by atoms with van der Waals surface area (Å²) < 4.78 is 5.83. The second kappa shape index (κ2) is 10.6. The van der Waals surface area contributed by atoms with Crippen LogP contribution >= 0.6 is 0 Å². The predicted molar refractivity (Wildman–Crippen MR) is 125 cm³/mol. The van der Waals surface area contributed by atoms with Crippen LogP contribution in [0.2, 0.25) is 0 Å². The molecule has 1 N–H and O–H groups in total. The van der Waals surface area contributed by atoms with E-state index in [1.54, 1.807) is 4.90 Å². The number of amides is 3. The van der Waals surface area contributed by atoms with E-state index in [2.05, 4.69) is 17.4 Å². The highest BCUT2D eigenvalue weighted by Gasteiger charge is 2.33. The van der Waals surface area contributed by atoms with Crippen LogP contribution in [0.3, 0.4) is 0 Å². The molecule has 0 spiro atoms. The van der Waals surface area contributed by atoms with E-state index in [0.29, 0.717) is 26.2 Å². The molecule has 0 bridgehead atoms. The van der Waals surface area contributed by atoms with Crippen LogP contribution < -0.4 is 5.32 Å². The van der Waals surface area contributed by atoms with Gasteiger partial charge in [0.15, 0.2) is 0 Å². The Morgan fingerprint density at radius 1 is 1.09 bits per heavy atom. The smallest absolute Gasteiger partial charge is 0.321 e. The predicted octanol–water partition coefficient (Wildman–Crippen LogP) is 4.45. The van der Waals surface area contributed by atoms with E-state index < -0.39 is 0 Å². The third-order valence-corrected chi connectivity index (χ3v) is 6.30. The molecular formula is C26H33N3O3. The van der Waals surface area contributed by atoms with Gasteiger partial charge < -0.3 is 19.9 Å². The summed E-state index contributed by atoms with van der Waals surface area (Å²) in [6.07, 6.45) is 3.79. The van der Waals surface area contributed by atoms with E-state index in [9.17, 15) is 9.59 Å². The highest BCUT2D eigenvalue weighted by molar-refractivity contribution is 5.90. The molecule has 2 atom stereocenters. The molecule has 2 unspecified atom stereocenters. The minimum absolute atomic E-state index is 0.104. The molecule has 32 heavy (non-hydrogen) atoms. The number of carbonyl (C=O) groups is 2. The van der Waals surface area contributed by atoms with Crippen molar-refractivity contribution < 1.29 is 14.3 Å². The Balaban J connectivity index is 1.42. The van der Waals surface area contributed by atoms with Crippen molar-refractivity contribution in [3.63, 3.8) is 0 Å². The van der Waals surface area contributed by atoms with Gasteiger partial charge in [0.2, 0.25) is 5.91 Å². The second-order valence-electron chi connectivity index (χ2n) is 8.92. The van der Waals surface area contributed by atoms with E-state index in [-0.39, 0.29) is 24.0 Å². The summed E-state index contributed by atoms with van der Waals surface area (Å²) in [4.78, 5) is 30.2. The van der Waals surface area contributed by atoms with Gasteiger partial charge in [0, 0.05) is 38.5 Å². The van der Waals surface area contributed by atoms with E-state index >= 15 is 0 Å². The number of anilines is 1. The maximum atomic E-state index is 13.6. The fourth-order valence-electron chi connectivity index (χ4n) is 4.62. The summed E-state index contributed by atoms with van der Waals surface area (Å²) in [6.45, 7) is 5.08.